The molecule has 1 fully saturated rings. The van der Waals surface area contributed by atoms with Crippen LogP contribution < -0.4 is 5.32 Å². The minimum atomic E-state index is -0.0448. The van der Waals surface area contributed by atoms with Crippen LogP contribution in [0, 0.1) is 0 Å². The average molecular weight is 364 g/mol. The highest BCUT2D eigenvalue weighted by Crippen LogP contribution is 2.13. The lowest BCUT2D eigenvalue weighted by molar-refractivity contribution is -0.126. The summed E-state index contributed by atoms with van der Waals surface area (Å²) < 4.78 is 0. The molecular formula is C18H25N3OS2. The van der Waals surface area contributed by atoms with Crippen LogP contribution in [0.2, 0.25) is 0 Å². The molecule has 1 unspecified atom stereocenters. The Morgan fingerprint density at radius 1 is 1.25 bits per heavy atom. The van der Waals surface area contributed by atoms with Gasteiger partial charge in [-0.3, -0.25) is 14.6 Å². The molecule has 4 nitrogen and oxygen atoms in total. The number of hydrogen-bond donors (Lipinski definition) is 1. The number of thiophene rings is 2. The summed E-state index contributed by atoms with van der Waals surface area (Å²) in [6, 6.07) is 6.32. The zero-order valence-corrected chi connectivity index (χ0v) is 15.7. The maximum atomic E-state index is 12.3. The molecule has 1 aliphatic heterocycles. The predicted molar refractivity (Wildman–Crippen MR) is 102 cm³/mol. The van der Waals surface area contributed by atoms with Crippen LogP contribution in [0.15, 0.2) is 34.3 Å². The van der Waals surface area contributed by atoms with E-state index in [1.54, 1.807) is 22.7 Å². The summed E-state index contributed by atoms with van der Waals surface area (Å²) in [5.41, 5.74) is 1.40. The van der Waals surface area contributed by atoms with Gasteiger partial charge in [0.05, 0.1) is 6.04 Å². The van der Waals surface area contributed by atoms with E-state index in [9.17, 15) is 4.79 Å². The summed E-state index contributed by atoms with van der Waals surface area (Å²) in [4.78, 5) is 18.4. The third kappa shape index (κ3) is 4.89. The van der Waals surface area contributed by atoms with Crippen molar-refractivity contribution in [3.63, 3.8) is 0 Å². The van der Waals surface area contributed by atoms with Gasteiger partial charge in [0.15, 0.2) is 0 Å². The molecule has 0 aliphatic carbocycles. The van der Waals surface area contributed by atoms with Gasteiger partial charge >= 0.3 is 0 Å². The molecule has 2 aromatic heterocycles. The first-order chi connectivity index (χ1) is 11.7. The molecule has 6 heteroatoms. The Hall–Kier alpha value is -1.21. The standard InChI is InChI=1S/C18H25N3OS2/c1-15(18(22)19-6-4-17-3-2-11-24-17)21-9-7-20(8-10-21)13-16-5-12-23-14-16/h2-3,5,11-12,14-15H,4,6-10,13H2,1H3,(H,19,22). The van der Waals surface area contributed by atoms with Crippen LogP contribution in [0.25, 0.3) is 0 Å². The third-order valence-electron chi connectivity index (χ3n) is 4.57. The molecule has 0 radical (unpaired) electrons. The van der Waals surface area contributed by atoms with Gasteiger partial charge in [-0.2, -0.15) is 11.3 Å². The van der Waals surface area contributed by atoms with E-state index in [4.69, 9.17) is 0 Å². The molecule has 1 aliphatic rings. The first-order valence-corrected chi connectivity index (χ1v) is 10.3. The molecule has 0 spiro atoms. The molecular weight excluding hydrogens is 338 g/mol. The van der Waals surface area contributed by atoms with E-state index in [-0.39, 0.29) is 11.9 Å². The van der Waals surface area contributed by atoms with Crippen molar-refractivity contribution in [2.45, 2.75) is 25.9 Å². The van der Waals surface area contributed by atoms with Crippen molar-refractivity contribution in [3.05, 3.63) is 44.8 Å². The molecule has 0 saturated carbocycles. The minimum absolute atomic E-state index is 0.0448. The second kappa shape index (κ2) is 8.76. The lowest BCUT2D eigenvalue weighted by atomic mass is 10.2. The van der Waals surface area contributed by atoms with Crippen molar-refractivity contribution in [3.8, 4) is 0 Å². The van der Waals surface area contributed by atoms with Crippen molar-refractivity contribution < 1.29 is 4.79 Å². The Morgan fingerprint density at radius 2 is 2.08 bits per heavy atom. The average Bonchev–Trinajstić information content (AvgIpc) is 3.29. The number of piperazine rings is 1. The van der Waals surface area contributed by atoms with Crippen molar-refractivity contribution in [1.29, 1.82) is 0 Å². The quantitative estimate of drug-likeness (QED) is 0.821. The maximum Gasteiger partial charge on any atom is 0.237 e. The highest BCUT2D eigenvalue weighted by Gasteiger charge is 2.25. The molecule has 1 atom stereocenters. The smallest absolute Gasteiger partial charge is 0.237 e. The fourth-order valence-corrected chi connectivity index (χ4v) is 4.40. The van der Waals surface area contributed by atoms with Crippen LogP contribution in [0.3, 0.4) is 0 Å². The number of carbonyl (C=O) groups is 1. The van der Waals surface area contributed by atoms with Crippen LogP contribution in [-0.2, 0) is 17.8 Å². The number of nitrogens with one attached hydrogen (secondary N) is 1. The maximum absolute atomic E-state index is 12.3. The Labute approximate surface area is 152 Å². The van der Waals surface area contributed by atoms with Gasteiger partial charge in [-0.05, 0) is 47.2 Å². The predicted octanol–water partition coefficient (Wildman–Crippen LogP) is 2.67. The van der Waals surface area contributed by atoms with Crippen molar-refractivity contribution >= 4 is 28.6 Å². The third-order valence-corrected chi connectivity index (χ3v) is 6.24. The van der Waals surface area contributed by atoms with E-state index >= 15 is 0 Å². The summed E-state index contributed by atoms with van der Waals surface area (Å²) >= 11 is 3.50. The van der Waals surface area contributed by atoms with Crippen molar-refractivity contribution in [2.75, 3.05) is 32.7 Å². The summed E-state index contributed by atoms with van der Waals surface area (Å²) in [6.07, 6.45) is 0.921. The molecule has 3 heterocycles. The Kier molecular flexibility index (Phi) is 6.43. The number of hydrogen-bond acceptors (Lipinski definition) is 5. The largest absolute Gasteiger partial charge is 0.354 e. The topological polar surface area (TPSA) is 35.6 Å². The van der Waals surface area contributed by atoms with Gasteiger partial charge in [0.25, 0.3) is 0 Å². The van der Waals surface area contributed by atoms with Gasteiger partial charge in [0.2, 0.25) is 5.91 Å². The summed E-state index contributed by atoms with van der Waals surface area (Å²) in [7, 11) is 0. The lowest BCUT2D eigenvalue weighted by Crippen LogP contribution is -2.53. The fourth-order valence-electron chi connectivity index (χ4n) is 3.03. The van der Waals surface area contributed by atoms with Gasteiger partial charge in [-0.15, -0.1) is 11.3 Å². The molecule has 1 amide bonds. The Morgan fingerprint density at radius 3 is 2.75 bits per heavy atom. The SMILES string of the molecule is CC(C(=O)NCCc1cccs1)N1CCN(Cc2ccsc2)CC1. The number of amides is 1. The Bertz CT molecular complexity index is 604. The summed E-state index contributed by atoms with van der Waals surface area (Å²) in [5, 5.41) is 9.51. The van der Waals surface area contributed by atoms with E-state index in [1.807, 2.05) is 6.92 Å². The van der Waals surface area contributed by atoms with Gasteiger partial charge in [-0.1, -0.05) is 6.07 Å². The van der Waals surface area contributed by atoms with Gasteiger partial charge in [0, 0.05) is 44.1 Å². The monoisotopic (exact) mass is 363 g/mol. The number of carbonyl (C=O) groups excluding carboxylic acids is 1. The zero-order valence-electron chi connectivity index (χ0n) is 14.1. The van der Waals surface area contributed by atoms with Gasteiger partial charge in [-0.25, -0.2) is 0 Å². The van der Waals surface area contributed by atoms with Gasteiger partial charge < -0.3 is 5.32 Å². The van der Waals surface area contributed by atoms with E-state index in [1.165, 1.54) is 10.4 Å². The van der Waals surface area contributed by atoms with Crippen LogP contribution in [0.1, 0.15) is 17.4 Å². The molecule has 130 valence electrons. The fraction of sp³-hybridized carbons (Fsp3) is 0.500. The molecule has 0 aromatic carbocycles. The zero-order chi connectivity index (χ0) is 16.8. The summed E-state index contributed by atoms with van der Waals surface area (Å²) in [6.45, 7) is 7.76. The van der Waals surface area contributed by atoms with Crippen LogP contribution in [0.5, 0.6) is 0 Å². The van der Waals surface area contributed by atoms with Crippen molar-refractivity contribution in [2.24, 2.45) is 0 Å². The van der Waals surface area contributed by atoms with E-state index in [0.717, 1.165) is 45.7 Å². The van der Waals surface area contributed by atoms with Crippen LogP contribution in [0.4, 0.5) is 0 Å². The molecule has 1 N–H and O–H groups in total. The first kappa shape index (κ1) is 17.6. The second-order valence-electron chi connectivity index (χ2n) is 6.24. The molecule has 24 heavy (non-hydrogen) atoms. The van der Waals surface area contributed by atoms with Crippen LogP contribution >= 0.6 is 22.7 Å². The second-order valence-corrected chi connectivity index (χ2v) is 8.05. The molecule has 2 aromatic rings. The summed E-state index contributed by atoms with van der Waals surface area (Å²) in [5.74, 6) is 0.151. The number of rotatable bonds is 7. The van der Waals surface area contributed by atoms with E-state index in [2.05, 4.69) is 49.5 Å². The van der Waals surface area contributed by atoms with E-state index < -0.39 is 0 Å². The number of nitrogens with zero attached hydrogens (tertiary/aromatic N) is 2. The van der Waals surface area contributed by atoms with Crippen LogP contribution in [-0.4, -0.2) is 54.5 Å². The lowest BCUT2D eigenvalue weighted by Gasteiger charge is -2.37. The van der Waals surface area contributed by atoms with Crippen molar-refractivity contribution in [1.82, 2.24) is 15.1 Å². The first-order valence-electron chi connectivity index (χ1n) is 8.50. The van der Waals surface area contributed by atoms with E-state index in [0.29, 0.717) is 0 Å². The molecule has 0 bridgehead atoms. The highest BCUT2D eigenvalue weighted by molar-refractivity contribution is 7.09. The normalized spacial score (nSPS) is 17.7. The Balaban J connectivity index is 1.37. The molecule has 1 saturated heterocycles. The highest BCUT2D eigenvalue weighted by atomic mass is 32.1. The molecule has 3 rings (SSSR count). The minimum Gasteiger partial charge on any atom is -0.354 e. The van der Waals surface area contributed by atoms with Gasteiger partial charge in [0.1, 0.15) is 0 Å².